The number of benzene rings is 1. The average Bonchev–Trinajstić information content (AvgIpc) is 3.00. The van der Waals surface area contributed by atoms with Crippen molar-refractivity contribution in [1.29, 1.82) is 0 Å². The maximum atomic E-state index is 12.6. The van der Waals surface area contributed by atoms with E-state index in [0.29, 0.717) is 41.7 Å². The van der Waals surface area contributed by atoms with Gasteiger partial charge in [-0.1, -0.05) is 23.2 Å². The number of nitrogens with zero attached hydrogens (tertiary/aromatic N) is 2. The molecule has 1 unspecified atom stereocenters. The Labute approximate surface area is 156 Å². The van der Waals surface area contributed by atoms with Gasteiger partial charge < -0.3 is 19.8 Å². The van der Waals surface area contributed by atoms with Crippen molar-refractivity contribution in [3.63, 3.8) is 0 Å². The molecule has 1 aromatic rings. The number of methoxy groups -OCH3 is 1. The second-order valence-corrected chi connectivity index (χ2v) is 7.43. The molecular weight excluding hydrogens is 367 g/mol. The van der Waals surface area contributed by atoms with Crippen molar-refractivity contribution in [3.05, 3.63) is 27.7 Å². The number of aliphatic hydroxyl groups excluding tert-OH is 1. The lowest BCUT2D eigenvalue weighted by Crippen LogP contribution is -2.58. The van der Waals surface area contributed by atoms with Crippen molar-refractivity contribution in [2.24, 2.45) is 0 Å². The summed E-state index contributed by atoms with van der Waals surface area (Å²) < 4.78 is 5.14. The van der Waals surface area contributed by atoms with E-state index in [1.54, 1.807) is 13.2 Å². The second-order valence-electron chi connectivity index (χ2n) is 6.65. The van der Waals surface area contributed by atoms with Gasteiger partial charge in [0.25, 0.3) is 0 Å². The molecule has 6 nitrogen and oxygen atoms in total. The third-order valence-corrected chi connectivity index (χ3v) is 5.94. The summed E-state index contributed by atoms with van der Waals surface area (Å²) in [5.41, 5.74) is 0.610. The van der Waals surface area contributed by atoms with Gasteiger partial charge in [0.1, 0.15) is 5.75 Å². The van der Waals surface area contributed by atoms with E-state index < -0.39 is 0 Å². The largest absolute Gasteiger partial charge is 0.508 e. The van der Waals surface area contributed by atoms with E-state index in [-0.39, 0.29) is 42.8 Å². The molecule has 25 heavy (non-hydrogen) atoms. The monoisotopic (exact) mass is 388 g/mol. The van der Waals surface area contributed by atoms with Gasteiger partial charge in [0.05, 0.1) is 35.8 Å². The minimum atomic E-state index is -0.196. The molecule has 8 heteroatoms. The van der Waals surface area contributed by atoms with Crippen LogP contribution in [0.5, 0.6) is 5.75 Å². The molecule has 1 amide bonds. The van der Waals surface area contributed by atoms with Gasteiger partial charge in [0.15, 0.2) is 0 Å². The van der Waals surface area contributed by atoms with Crippen molar-refractivity contribution < 1.29 is 19.7 Å². The summed E-state index contributed by atoms with van der Waals surface area (Å²) >= 11 is 12.4. The van der Waals surface area contributed by atoms with Crippen molar-refractivity contribution in [2.75, 3.05) is 40.0 Å². The lowest BCUT2D eigenvalue weighted by atomic mass is 9.95. The van der Waals surface area contributed by atoms with Crippen LogP contribution in [-0.2, 0) is 9.53 Å². The molecule has 138 valence electrons. The number of carbonyl (C=O) groups is 1. The number of ether oxygens (including phenoxy) is 1. The third-order valence-electron chi connectivity index (χ3n) is 5.12. The fraction of sp³-hybridized carbons (Fsp3) is 0.588. The molecule has 0 saturated carbocycles. The fourth-order valence-corrected chi connectivity index (χ4v) is 4.37. The summed E-state index contributed by atoms with van der Waals surface area (Å²) in [6.07, 6.45) is 0.695. The minimum Gasteiger partial charge on any atom is -0.508 e. The zero-order chi connectivity index (χ0) is 18.1. The SMILES string of the molecule is COCC(CO)N1CC(=O)N2C[C@@H](c3c(O)ccc(Cl)c3Cl)C[C@H]2C1. The molecule has 0 radical (unpaired) electrons. The summed E-state index contributed by atoms with van der Waals surface area (Å²) in [5.74, 6) is 0.0669. The van der Waals surface area contributed by atoms with Crippen LogP contribution < -0.4 is 0 Å². The number of carbonyl (C=O) groups excluding carboxylic acids is 1. The van der Waals surface area contributed by atoms with E-state index in [0.717, 1.165) is 0 Å². The first-order chi connectivity index (χ1) is 12.0. The van der Waals surface area contributed by atoms with E-state index in [9.17, 15) is 15.0 Å². The van der Waals surface area contributed by atoms with Crippen molar-refractivity contribution >= 4 is 29.1 Å². The van der Waals surface area contributed by atoms with Gasteiger partial charge in [0, 0.05) is 37.7 Å². The van der Waals surface area contributed by atoms with E-state index >= 15 is 0 Å². The predicted octanol–water partition coefficient (Wildman–Crippen LogP) is 1.71. The van der Waals surface area contributed by atoms with Crippen LogP contribution in [0.4, 0.5) is 0 Å². The molecule has 0 aromatic heterocycles. The molecule has 2 saturated heterocycles. The van der Waals surface area contributed by atoms with Crippen LogP contribution in [0.1, 0.15) is 17.9 Å². The van der Waals surface area contributed by atoms with E-state index in [1.807, 2.05) is 9.80 Å². The average molecular weight is 389 g/mol. The summed E-state index contributed by atoms with van der Waals surface area (Å²) in [6, 6.07) is 2.93. The lowest BCUT2D eigenvalue weighted by molar-refractivity contribution is -0.139. The lowest BCUT2D eigenvalue weighted by Gasteiger charge is -2.40. The smallest absolute Gasteiger partial charge is 0.237 e. The summed E-state index contributed by atoms with van der Waals surface area (Å²) in [7, 11) is 1.58. The molecule has 3 atom stereocenters. The van der Waals surface area contributed by atoms with Crippen molar-refractivity contribution in [3.8, 4) is 5.75 Å². The molecule has 0 spiro atoms. The Hall–Kier alpha value is -1.05. The quantitative estimate of drug-likeness (QED) is 0.802. The van der Waals surface area contributed by atoms with Crippen LogP contribution >= 0.6 is 23.2 Å². The Balaban J connectivity index is 1.79. The Kier molecular flexibility index (Phi) is 5.75. The molecular formula is C17H22Cl2N2O4. The maximum absolute atomic E-state index is 12.6. The number of phenols is 1. The molecule has 2 N–H and O–H groups in total. The fourth-order valence-electron chi connectivity index (χ4n) is 3.89. The van der Waals surface area contributed by atoms with Crippen LogP contribution in [0.15, 0.2) is 12.1 Å². The first kappa shape index (κ1) is 18.7. The Morgan fingerprint density at radius 3 is 2.80 bits per heavy atom. The van der Waals surface area contributed by atoms with Crippen molar-refractivity contribution in [2.45, 2.75) is 24.4 Å². The zero-order valence-corrected chi connectivity index (χ0v) is 15.5. The zero-order valence-electron chi connectivity index (χ0n) is 14.0. The van der Waals surface area contributed by atoms with Gasteiger partial charge in [-0.25, -0.2) is 0 Å². The van der Waals surface area contributed by atoms with Crippen molar-refractivity contribution in [1.82, 2.24) is 9.80 Å². The van der Waals surface area contributed by atoms with E-state index in [2.05, 4.69) is 0 Å². The standard InChI is InChI=1S/C17H22Cl2N2O4/c1-25-9-12(8-22)20-6-11-4-10(5-21(11)15(24)7-20)16-14(23)3-2-13(18)17(16)19/h2-3,10-12,22-23H,4-9H2,1H3/t10-,11-,12?/m0/s1. The molecule has 2 aliphatic rings. The highest BCUT2D eigenvalue weighted by Crippen LogP contribution is 2.43. The Morgan fingerprint density at radius 2 is 2.12 bits per heavy atom. The van der Waals surface area contributed by atoms with Crippen LogP contribution in [0.2, 0.25) is 10.0 Å². The number of rotatable bonds is 5. The molecule has 3 rings (SSSR count). The van der Waals surface area contributed by atoms with Gasteiger partial charge in [-0.2, -0.15) is 0 Å². The normalized spacial score (nSPS) is 25.3. The van der Waals surface area contributed by atoms with E-state index in [4.69, 9.17) is 27.9 Å². The number of aromatic hydroxyl groups is 1. The van der Waals surface area contributed by atoms with Crippen LogP contribution in [0.3, 0.4) is 0 Å². The van der Waals surface area contributed by atoms with Gasteiger partial charge in [-0.3, -0.25) is 9.69 Å². The number of halogens is 2. The third kappa shape index (κ3) is 3.59. The second kappa shape index (κ2) is 7.68. The number of amides is 1. The number of phenolic OH excluding ortho intramolecular Hbond substituents is 1. The summed E-state index contributed by atoms with van der Waals surface area (Å²) in [6.45, 7) is 1.75. The molecule has 2 heterocycles. The van der Waals surface area contributed by atoms with Gasteiger partial charge in [-0.05, 0) is 18.6 Å². The molecule has 2 fully saturated rings. The Bertz CT molecular complexity index is 658. The van der Waals surface area contributed by atoms with Crippen LogP contribution in [0.25, 0.3) is 0 Å². The Morgan fingerprint density at radius 1 is 1.36 bits per heavy atom. The molecule has 0 bridgehead atoms. The number of hydrogen-bond donors (Lipinski definition) is 2. The van der Waals surface area contributed by atoms with Gasteiger partial charge in [-0.15, -0.1) is 0 Å². The van der Waals surface area contributed by atoms with Gasteiger partial charge >= 0.3 is 0 Å². The van der Waals surface area contributed by atoms with Crippen LogP contribution in [-0.4, -0.2) is 78.0 Å². The highest BCUT2D eigenvalue weighted by Gasteiger charge is 2.43. The number of fused-ring (bicyclic) bond motifs is 1. The summed E-state index contributed by atoms with van der Waals surface area (Å²) in [5, 5.41) is 20.5. The van der Waals surface area contributed by atoms with E-state index in [1.165, 1.54) is 6.07 Å². The number of hydrogen-bond acceptors (Lipinski definition) is 5. The number of piperazine rings is 1. The van der Waals surface area contributed by atoms with Crippen LogP contribution in [0, 0.1) is 0 Å². The molecule has 2 aliphatic heterocycles. The first-order valence-corrected chi connectivity index (χ1v) is 9.02. The molecule has 0 aliphatic carbocycles. The highest BCUT2D eigenvalue weighted by atomic mass is 35.5. The first-order valence-electron chi connectivity index (χ1n) is 8.26. The highest BCUT2D eigenvalue weighted by molar-refractivity contribution is 6.42. The summed E-state index contributed by atoms with van der Waals surface area (Å²) in [4.78, 5) is 16.4. The minimum absolute atomic E-state index is 0.0194. The number of aliphatic hydroxyl groups is 1. The maximum Gasteiger partial charge on any atom is 0.237 e. The topological polar surface area (TPSA) is 73.2 Å². The van der Waals surface area contributed by atoms with Gasteiger partial charge in [0.2, 0.25) is 5.91 Å². The molecule has 1 aromatic carbocycles. The predicted molar refractivity (Wildman–Crippen MR) is 95.3 cm³/mol.